The molecule has 4 nitrogen and oxygen atoms in total. The van der Waals surface area contributed by atoms with E-state index in [2.05, 4.69) is 12.2 Å². The van der Waals surface area contributed by atoms with Crippen molar-refractivity contribution in [2.75, 3.05) is 0 Å². The Kier molecular flexibility index (Phi) is 4.77. The molecule has 1 aliphatic carbocycles. The molecule has 1 aromatic rings. The number of amides is 1. The van der Waals surface area contributed by atoms with Crippen LogP contribution in [0.5, 0.6) is 0 Å². The molecule has 4 heteroatoms. The van der Waals surface area contributed by atoms with E-state index in [1.54, 1.807) is 24.3 Å². The van der Waals surface area contributed by atoms with Crippen molar-refractivity contribution in [1.29, 1.82) is 0 Å². The van der Waals surface area contributed by atoms with E-state index in [1.165, 1.54) is 12.8 Å². The molecule has 0 aliphatic heterocycles. The van der Waals surface area contributed by atoms with Gasteiger partial charge >= 0.3 is 5.97 Å². The highest BCUT2D eigenvalue weighted by Gasteiger charge is 2.24. The first-order valence-electron chi connectivity index (χ1n) is 7.18. The van der Waals surface area contributed by atoms with Crippen LogP contribution in [0.25, 0.3) is 0 Å². The Labute approximate surface area is 119 Å². The lowest BCUT2D eigenvalue weighted by Gasteiger charge is -2.17. The van der Waals surface area contributed by atoms with Gasteiger partial charge in [-0.2, -0.15) is 0 Å². The van der Waals surface area contributed by atoms with Gasteiger partial charge in [0, 0.05) is 12.5 Å². The van der Waals surface area contributed by atoms with Gasteiger partial charge in [0.25, 0.3) is 0 Å². The summed E-state index contributed by atoms with van der Waals surface area (Å²) in [4.78, 5) is 22.6. The average molecular weight is 275 g/mol. The van der Waals surface area contributed by atoms with Gasteiger partial charge in [-0.15, -0.1) is 0 Å². The Morgan fingerprint density at radius 3 is 2.50 bits per heavy atom. The predicted molar refractivity (Wildman–Crippen MR) is 76.7 cm³/mol. The van der Waals surface area contributed by atoms with Gasteiger partial charge < -0.3 is 10.4 Å². The molecule has 0 bridgehead atoms. The summed E-state index contributed by atoms with van der Waals surface area (Å²) >= 11 is 0. The summed E-state index contributed by atoms with van der Waals surface area (Å²) in [6, 6.07) is 7.03. The number of carbonyl (C=O) groups excluding carboxylic acids is 1. The number of carboxylic acids is 1. The molecule has 2 rings (SSSR count). The summed E-state index contributed by atoms with van der Waals surface area (Å²) in [5, 5.41) is 11.9. The molecule has 0 saturated heterocycles. The molecule has 20 heavy (non-hydrogen) atoms. The second-order valence-electron chi connectivity index (χ2n) is 5.58. The molecular weight excluding hydrogens is 254 g/mol. The van der Waals surface area contributed by atoms with Crippen LogP contribution in [0.2, 0.25) is 0 Å². The van der Waals surface area contributed by atoms with Crippen LogP contribution in [0.3, 0.4) is 0 Å². The van der Waals surface area contributed by atoms with Gasteiger partial charge in [0.15, 0.2) is 0 Å². The van der Waals surface area contributed by atoms with Gasteiger partial charge in [-0.1, -0.05) is 25.5 Å². The van der Waals surface area contributed by atoms with Crippen molar-refractivity contribution in [2.45, 2.75) is 45.1 Å². The normalized spacial score (nSPS) is 21.6. The molecule has 1 fully saturated rings. The fraction of sp³-hybridized carbons (Fsp3) is 0.500. The zero-order chi connectivity index (χ0) is 14.5. The van der Waals surface area contributed by atoms with Gasteiger partial charge in [-0.25, -0.2) is 4.79 Å². The van der Waals surface area contributed by atoms with Crippen molar-refractivity contribution >= 4 is 11.9 Å². The van der Waals surface area contributed by atoms with E-state index in [1.807, 2.05) is 0 Å². The SMILES string of the molecule is CC1CCCC1NC(=O)CCc1ccc(C(=O)O)cc1. The largest absolute Gasteiger partial charge is 0.478 e. The van der Waals surface area contributed by atoms with Gasteiger partial charge in [-0.05, 0) is 42.9 Å². The Hall–Kier alpha value is -1.84. The average Bonchev–Trinajstić information content (AvgIpc) is 2.82. The van der Waals surface area contributed by atoms with E-state index >= 15 is 0 Å². The summed E-state index contributed by atoms with van der Waals surface area (Å²) in [5.74, 6) is -0.260. The Bertz CT molecular complexity index is 481. The quantitative estimate of drug-likeness (QED) is 0.868. The Morgan fingerprint density at radius 1 is 1.25 bits per heavy atom. The number of nitrogens with one attached hydrogen (secondary N) is 1. The van der Waals surface area contributed by atoms with Crippen molar-refractivity contribution in [2.24, 2.45) is 5.92 Å². The van der Waals surface area contributed by atoms with Crippen LogP contribution in [0.4, 0.5) is 0 Å². The topological polar surface area (TPSA) is 66.4 Å². The molecule has 0 aromatic heterocycles. The number of aryl methyl sites for hydroxylation is 1. The number of carboxylic acid groups (broad SMARTS) is 1. The molecule has 0 heterocycles. The highest BCUT2D eigenvalue weighted by Crippen LogP contribution is 2.24. The second-order valence-corrected chi connectivity index (χ2v) is 5.58. The minimum atomic E-state index is -0.926. The first-order valence-corrected chi connectivity index (χ1v) is 7.18. The van der Waals surface area contributed by atoms with Crippen LogP contribution in [-0.4, -0.2) is 23.0 Å². The summed E-state index contributed by atoms with van der Waals surface area (Å²) < 4.78 is 0. The summed E-state index contributed by atoms with van der Waals surface area (Å²) in [6.45, 7) is 2.18. The maximum absolute atomic E-state index is 11.9. The van der Waals surface area contributed by atoms with Crippen molar-refractivity contribution in [3.05, 3.63) is 35.4 Å². The van der Waals surface area contributed by atoms with Crippen molar-refractivity contribution in [3.8, 4) is 0 Å². The molecule has 1 amide bonds. The number of aromatic carboxylic acids is 1. The van der Waals surface area contributed by atoms with Crippen LogP contribution < -0.4 is 5.32 Å². The van der Waals surface area contributed by atoms with Crippen LogP contribution in [0.1, 0.15) is 48.5 Å². The van der Waals surface area contributed by atoms with E-state index in [0.29, 0.717) is 24.8 Å². The van der Waals surface area contributed by atoms with Gasteiger partial charge in [0.2, 0.25) is 5.91 Å². The zero-order valence-electron chi connectivity index (χ0n) is 11.8. The van der Waals surface area contributed by atoms with E-state index in [4.69, 9.17) is 5.11 Å². The first kappa shape index (κ1) is 14.6. The van der Waals surface area contributed by atoms with Crippen LogP contribution in [-0.2, 0) is 11.2 Å². The standard InChI is InChI=1S/C16H21NO3/c1-11-3-2-4-14(11)17-15(18)10-7-12-5-8-13(9-6-12)16(19)20/h5-6,8-9,11,14H,2-4,7,10H2,1H3,(H,17,18)(H,19,20). The van der Waals surface area contributed by atoms with Gasteiger partial charge in [0.1, 0.15) is 0 Å². The number of hydrogen-bond donors (Lipinski definition) is 2. The Morgan fingerprint density at radius 2 is 1.95 bits per heavy atom. The number of rotatable bonds is 5. The molecule has 1 saturated carbocycles. The summed E-state index contributed by atoms with van der Waals surface area (Å²) in [5.41, 5.74) is 1.27. The number of hydrogen-bond acceptors (Lipinski definition) is 2. The lowest BCUT2D eigenvalue weighted by molar-refractivity contribution is -0.122. The molecule has 0 radical (unpaired) electrons. The fourth-order valence-electron chi connectivity index (χ4n) is 2.71. The van der Waals surface area contributed by atoms with Gasteiger partial charge in [0.05, 0.1) is 5.56 Å². The molecule has 2 atom stereocenters. The minimum absolute atomic E-state index is 0.0889. The minimum Gasteiger partial charge on any atom is -0.478 e. The maximum Gasteiger partial charge on any atom is 0.335 e. The highest BCUT2D eigenvalue weighted by atomic mass is 16.4. The van der Waals surface area contributed by atoms with Crippen molar-refractivity contribution in [3.63, 3.8) is 0 Å². The monoisotopic (exact) mass is 275 g/mol. The molecule has 2 N–H and O–H groups in total. The first-order chi connectivity index (χ1) is 9.56. The van der Waals surface area contributed by atoms with E-state index in [-0.39, 0.29) is 11.5 Å². The lowest BCUT2D eigenvalue weighted by atomic mass is 10.0. The number of carbonyl (C=O) groups is 2. The predicted octanol–water partition coefficient (Wildman–Crippen LogP) is 2.62. The van der Waals surface area contributed by atoms with Crippen molar-refractivity contribution < 1.29 is 14.7 Å². The second kappa shape index (κ2) is 6.55. The van der Waals surface area contributed by atoms with E-state index in [0.717, 1.165) is 12.0 Å². The summed E-state index contributed by atoms with van der Waals surface area (Å²) in [7, 11) is 0. The van der Waals surface area contributed by atoms with Crippen LogP contribution in [0, 0.1) is 5.92 Å². The number of benzene rings is 1. The molecule has 0 spiro atoms. The third kappa shape index (κ3) is 3.83. The zero-order valence-corrected chi connectivity index (χ0v) is 11.8. The molecule has 108 valence electrons. The Balaban J connectivity index is 1.79. The molecule has 1 aromatic carbocycles. The smallest absolute Gasteiger partial charge is 0.335 e. The third-order valence-corrected chi connectivity index (χ3v) is 4.05. The summed E-state index contributed by atoms with van der Waals surface area (Å²) in [6.07, 6.45) is 4.58. The van der Waals surface area contributed by atoms with Gasteiger partial charge in [-0.3, -0.25) is 4.79 Å². The van der Waals surface area contributed by atoms with Crippen LogP contribution in [0.15, 0.2) is 24.3 Å². The highest BCUT2D eigenvalue weighted by molar-refractivity contribution is 5.87. The van der Waals surface area contributed by atoms with E-state index in [9.17, 15) is 9.59 Å². The molecule has 1 aliphatic rings. The van der Waals surface area contributed by atoms with Crippen molar-refractivity contribution in [1.82, 2.24) is 5.32 Å². The molecular formula is C16H21NO3. The molecule has 2 unspecified atom stereocenters. The third-order valence-electron chi connectivity index (χ3n) is 4.05. The maximum atomic E-state index is 11.9. The fourth-order valence-corrected chi connectivity index (χ4v) is 2.71. The van der Waals surface area contributed by atoms with Crippen LogP contribution >= 0.6 is 0 Å². The lowest BCUT2D eigenvalue weighted by Crippen LogP contribution is -2.36. The van der Waals surface area contributed by atoms with E-state index < -0.39 is 5.97 Å².